The van der Waals surface area contributed by atoms with E-state index in [0.29, 0.717) is 9.18 Å². The molecule has 2 unspecified atom stereocenters. The molecule has 24 heavy (non-hydrogen) atoms. The van der Waals surface area contributed by atoms with Gasteiger partial charge in [0.1, 0.15) is 0 Å². The fourth-order valence-electron chi connectivity index (χ4n) is 4.44. The second-order valence-corrected chi connectivity index (χ2v) is 7.54. The van der Waals surface area contributed by atoms with Crippen LogP contribution >= 0.6 is 0 Å². The number of allylic oxidation sites excluding steroid dienone is 2. The molecule has 0 bridgehead atoms. The van der Waals surface area contributed by atoms with Gasteiger partial charge in [0.2, 0.25) is 0 Å². The monoisotopic (exact) mass is 298 g/mol. The van der Waals surface area contributed by atoms with Gasteiger partial charge >= 0.3 is 164 Å². The van der Waals surface area contributed by atoms with E-state index in [1.807, 2.05) is 0 Å². The van der Waals surface area contributed by atoms with Crippen LogP contribution in [0.4, 0.5) is 0 Å². The van der Waals surface area contributed by atoms with Crippen molar-refractivity contribution < 1.29 is 0 Å². The number of hydrogen-bond donors (Lipinski definition) is 0. The van der Waals surface area contributed by atoms with Crippen molar-refractivity contribution in [2.75, 3.05) is 0 Å². The van der Waals surface area contributed by atoms with Crippen molar-refractivity contribution in [3.63, 3.8) is 0 Å². The van der Waals surface area contributed by atoms with Crippen molar-refractivity contribution in [1.29, 1.82) is 0 Å². The summed E-state index contributed by atoms with van der Waals surface area (Å²) in [5.41, 5.74) is 12.0. The van der Waals surface area contributed by atoms with E-state index in [2.05, 4.69) is 97.8 Å². The third-order valence-electron chi connectivity index (χ3n) is 6.12. The quantitative estimate of drug-likeness (QED) is 0.700. The number of aryl methyl sites for hydroxylation is 2. The summed E-state index contributed by atoms with van der Waals surface area (Å²) in [6, 6.07) is 13.4. The fraction of sp³-hybridized carbons (Fsp3) is 0.273. The maximum atomic E-state index is 2.45. The Kier molecular flexibility index (Phi) is 4.45. The number of rotatable bonds is 3. The predicted octanol–water partition coefficient (Wildman–Crippen LogP) is 5.00. The predicted molar refractivity (Wildman–Crippen MR) is 105 cm³/mol. The Morgan fingerprint density at radius 3 is 1.50 bits per heavy atom. The summed E-state index contributed by atoms with van der Waals surface area (Å²) in [7, 11) is 0. The van der Waals surface area contributed by atoms with Gasteiger partial charge in [-0.1, -0.05) is 0 Å². The molecule has 0 N–H and O–H groups in total. The van der Waals surface area contributed by atoms with Crippen LogP contribution in [0.15, 0.2) is 47.5 Å². The zero-order valence-electron chi connectivity index (χ0n) is 15.2. The second-order valence-electron chi connectivity index (χ2n) is 7.54. The van der Waals surface area contributed by atoms with Gasteiger partial charge in [0.25, 0.3) is 0 Å². The van der Waals surface area contributed by atoms with Gasteiger partial charge in [-0.05, 0) is 0 Å². The van der Waals surface area contributed by atoms with E-state index in [4.69, 9.17) is 0 Å². The summed E-state index contributed by atoms with van der Waals surface area (Å²) in [6.07, 6.45) is 7.26. The van der Waals surface area contributed by atoms with Crippen LogP contribution in [0.2, 0.25) is 0 Å². The van der Waals surface area contributed by atoms with Crippen molar-refractivity contribution in [3.05, 3.63) is 80.9 Å². The minimum atomic E-state index is 0.571. The third-order valence-corrected chi connectivity index (χ3v) is 6.12. The van der Waals surface area contributed by atoms with Crippen LogP contribution < -0.4 is 0 Å². The van der Waals surface area contributed by atoms with Gasteiger partial charge in [-0.25, -0.2) is 0 Å². The first-order chi connectivity index (χ1) is 11.6. The van der Waals surface area contributed by atoms with Gasteiger partial charge in [0, 0.05) is 0 Å². The molecule has 0 saturated heterocycles. The molecule has 0 aromatic heterocycles. The Morgan fingerprint density at radius 1 is 0.708 bits per heavy atom. The SMILES string of the molecule is [Li][CH]1C(CCC2=Cc3c(C)cccc3[CH]2[Li])=Cc2c(C)cccc21. The summed E-state index contributed by atoms with van der Waals surface area (Å²) < 4.78 is 1.14. The Morgan fingerprint density at radius 2 is 1.12 bits per heavy atom. The first-order valence-corrected chi connectivity index (χ1v) is 9.16. The van der Waals surface area contributed by atoms with Crippen molar-refractivity contribution in [2.45, 2.75) is 35.9 Å². The van der Waals surface area contributed by atoms with Crippen molar-refractivity contribution in [3.8, 4) is 0 Å². The standard InChI is InChI=1S/C22H20.2Li/c1-15-5-3-7-19-11-17(13-21(15)19)9-10-18-12-20-8-4-6-16(2)22(20)14-18;;/h3-8,11-14H,9-10H2,1-2H3;;. The summed E-state index contributed by atoms with van der Waals surface area (Å²) in [6.45, 7) is 4.46. The van der Waals surface area contributed by atoms with Gasteiger partial charge in [0.05, 0.1) is 0 Å². The van der Waals surface area contributed by atoms with E-state index < -0.39 is 0 Å². The Balaban J connectivity index is 1.53. The van der Waals surface area contributed by atoms with Crippen LogP contribution in [0.3, 0.4) is 0 Å². The third kappa shape index (κ3) is 2.71. The molecule has 2 atom stereocenters. The average Bonchev–Trinajstić information content (AvgIpc) is 3.06. The van der Waals surface area contributed by atoms with Crippen molar-refractivity contribution in [2.24, 2.45) is 0 Å². The molecular weight excluding hydrogens is 278 g/mol. The molecule has 0 nitrogen and oxygen atoms in total. The molecule has 110 valence electrons. The van der Waals surface area contributed by atoms with Crippen LogP contribution in [0.5, 0.6) is 0 Å². The number of hydrogen-bond acceptors (Lipinski definition) is 0. The molecule has 0 fully saturated rings. The zero-order valence-corrected chi connectivity index (χ0v) is 15.2. The van der Waals surface area contributed by atoms with Crippen LogP contribution in [0, 0.1) is 13.8 Å². The first kappa shape index (κ1) is 16.6. The molecule has 0 amide bonds. The number of benzene rings is 2. The maximum absolute atomic E-state index is 2.45. The van der Waals surface area contributed by atoms with Gasteiger partial charge in [-0.15, -0.1) is 0 Å². The molecule has 0 aliphatic heterocycles. The van der Waals surface area contributed by atoms with Crippen LogP contribution in [-0.4, -0.2) is 35.4 Å². The Labute approximate surface area is 163 Å². The van der Waals surface area contributed by atoms with Gasteiger partial charge < -0.3 is 0 Å². The summed E-state index contributed by atoms with van der Waals surface area (Å²) in [4.78, 5) is 0. The Bertz CT molecular complexity index is 800. The van der Waals surface area contributed by atoms with Crippen LogP contribution in [-0.2, 0) is 0 Å². The molecule has 4 rings (SSSR count). The van der Waals surface area contributed by atoms with Crippen LogP contribution in [0.25, 0.3) is 12.2 Å². The molecular formula is C22H20Li2. The van der Waals surface area contributed by atoms with Gasteiger partial charge in [-0.2, -0.15) is 0 Å². The summed E-state index contributed by atoms with van der Waals surface area (Å²) >= 11 is 4.73. The molecule has 0 radical (unpaired) electrons. The van der Waals surface area contributed by atoms with E-state index in [9.17, 15) is 0 Å². The summed E-state index contributed by atoms with van der Waals surface area (Å²) in [5.74, 6) is 0. The van der Waals surface area contributed by atoms with Crippen molar-refractivity contribution >= 4 is 47.6 Å². The fourth-order valence-corrected chi connectivity index (χ4v) is 4.44. The molecule has 2 aromatic carbocycles. The second kappa shape index (κ2) is 6.44. The zero-order chi connectivity index (χ0) is 16.8. The van der Waals surface area contributed by atoms with Gasteiger partial charge in [0.15, 0.2) is 0 Å². The van der Waals surface area contributed by atoms with E-state index >= 15 is 0 Å². The molecule has 0 heterocycles. The topological polar surface area (TPSA) is 0 Å². The minimum absolute atomic E-state index is 0.571. The molecule has 2 aromatic rings. The molecule has 2 heteroatoms. The van der Waals surface area contributed by atoms with Crippen molar-refractivity contribution in [1.82, 2.24) is 0 Å². The normalized spacial score (nSPS) is 21.4. The van der Waals surface area contributed by atoms with E-state index in [0.717, 1.165) is 0 Å². The molecule has 2 aliphatic carbocycles. The first-order valence-electron chi connectivity index (χ1n) is 9.16. The van der Waals surface area contributed by atoms with E-state index in [-0.39, 0.29) is 0 Å². The summed E-state index contributed by atoms with van der Waals surface area (Å²) in [5, 5.41) is 0. The van der Waals surface area contributed by atoms with E-state index in [1.54, 1.807) is 11.1 Å². The molecule has 2 aliphatic rings. The van der Waals surface area contributed by atoms with E-state index in [1.165, 1.54) is 46.2 Å². The molecule has 0 saturated carbocycles. The molecule has 0 spiro atoms. The van der Waals surface area contributed by atoms with Crippen LogP contribution in [0.1, 0.15) is 55.4 Å². The Hall–Kier alpha value is -0.885. The number of fused-ring (bicyclic) bond motifs is 2. The average molecular weight is 298 g/mol. The van der Waals surface area contributed by atoms with Gasteiger partial charge in [-0.3, -0.25) is 0 Å².